The van der Waals surface area contributed by atoms with Crippen molar-refractivity contribution < 1.29 is 27.9 Å². The molecule has 1 saturated heterocycles. The lowest BCUT2D eigenvalue weighted by molar-refractivity contribution is -0.137. The highest BCUT2D eigenvalue weighted by molar-refractivity contribution is 6.03. The molecule has 2 aromatic carbocycles. The first-order valence-corrected chi connectivity index (χ1v) is 12.5. The molecule has 2 fully saturated rings. The van der Waals surface area contributed by atoms with Gasteiger partial charge < -0.3 is 26.4 Å². The molecule has 3 aromatic rings. The Morgan fingerprint density at radius 2 is 1.90 bits per heavy atom. The van der Waals surface area contributed by atoms with Crippen LogP contribution in [0.25, 0.3) is 11.3 Å². The zero-order valence-electron chi connectivity index (χ0n) is 21.2. The number of aromatic nitrogens is 2. The second-order valence-corrected chi connectivity index (χ2v) is 9.80. The van der Waals surface area contributed by atoms with Crippen molar-refractivity contribution in [3.05, 3.63) is 65.0 Å². The molecule has 0 bridgehead atoms. The SMILES string of the molecule is COc1ccc(F)cc1C(=O)NCc1ccc(-c2nn([C@@H]3CCN(C(=O)C4(F)CC4)C3)c(N)c2C(N)=O)cc1. The smallest absolute Gasteiger partial charge is 0.260 e. The fourth-order valence-electron chi connectivity index (χ4n) is 4.82. The lowest BCUT2D eigenvalue weighted by Gasteiger charge is -2.19. The summed E-state index contributed by atoms with van der Waals surface area (Å²) < 4.78 is 34.5. The molecular formula is C27H28F2N6O4. The molecule has 12 heteroatoms. The van der Waals surface area contributed by atoms with Crippen LogP contribution in [0.5, 0.6) is 5.75 Å². The predicted molar refractivity (Wildman–Crippen MR) is 138 cm³/mol. The van der Waals surface area contributed by atoms with Gasteiger partial charge in [0.05, 0.1) is 18.7 Å². The predicted octanol–water partition coefficient (Wildman–Crippen LogP) is 2.58. The molecule has 0 unspecified atom stereocenters. The van der Waals surface area contributed by atoms with Gasteiger partial charge in [-0.2, -0.15) is 5.10 Å². The monoisotopic (exact) mass is 538 g/mol. The molecule has 1 aliphatic heterocycles. The molecule has 39 heavy (non-hydrogen) atoms. The number of benzene rings is 2. The van der Waals surface area contributed by atoms with Crippen LogP contribution in [0.3, 0.4) is 0 Å². The summed E-state index contributed by atoms with van der Waals surface area (Å²) in [6.45, 7) is 0.764. The van der Waals surface area contributed by atoms with Gasteiger partial charge in [0.2, 0.25) is 0 Å². The minimum absolute atomic E-state index is 0.0585. The molecule has 1 aliphatic carbocycles. The van der Waals surface area contributed by atoms with E-state index in [0.29, 0.717) is 18.5 Å². The van der Waals surface area contributed by atoms with E-state index in [0.717, 1.165) is 11.6 Å². The highest BCUT2D eigenvalue weighted by Gasteiger charge is 2.53. The van der Waals surface area contributed by atoms with Gasteiger partial charge in [-0.05, 0) is 43.0 Å². The minimum Gasteiger partial charge on any atom is -0.496 e. The van der Waals surface area contributed by atoms with E-state index in [-0.39, 0.29) is 60.4 Å². The molecular weight excluding hydrogens is 510 g/mol. The number of hydrogen-bond acceptors (Lipinski definition) is 6. The average molecular weight is 539 g/mol. The number of hydrogen-bond donors (Lipinski definition) is 3. The average Bonchev–Trinajstić information content (AvgIpc) is 3.33. The molecule has 0 radical (unpaired) electrons. The first kappa shape index (κ1) is 26.1. The number of nitrogens with two attached hydrogens (primary N) is 2. The number of anilines is 1. The molecule has 3 amide bonds. The molecule has 5 N–H and O–H groups in total. The molecule has 2 aliphatic rings. The number of carbonyl (C=O) groups excluding carboxylic acids is 3. The van der Waals surface area contributed by atoms with Crippen molar-refractivity contribution in [3.8, 4) is 17.0 Å². The third-order valence-corrected chi connectivity index (χ3v) is 7.15. The topological polar surface area (TPSA) is 146 Å². The highest BCUT2D eigenvalue weighted by atomic mass is 19.1. The van der Waals surface area contributed by atoms with Crippen molar-refractivity contribution in [3.63, 3.8) is 0 Å². The van der Waals surface area contributed by atoms with Crippen molar-refractivity contribution in [2.24, 2.45) is 5.73 Å². The van der Waals surface area contributed by atoms with E-state index >= 15 is 0 Å². The molecule has 1 aromatic heterocycles. The normalized spacial score (nSPS) is 17.6. The van der Waals surface area contributed by atoms with Crippen molar-refractivity contribution >= 4 is 23.5 Å². The zero-order valence-corrected chi connectivity index (χ0v) is 21.2. The van der Waals surface area contributed by atoms with Gasteiger partial charge in [-0.15, -0.1) is 0 Å². The van der Waals surface area contributed by atoms with E-state index in [1.807, 2.05) is 0 Å². The lowest BCUT2D eigenvalue weighted by atomic mass is 10.0. The van der Waals surface area contributed by atoms with E-state index in [1.165, 1.54) is 28.8 Å². The van der Waals surface area contributed by atoms with Crippen molar-refractivity contribution in [1.29, 1.82) is 0 Å². The third kappa shape index (κ3) is 5.01. The van der Waals surface area contributed by atoms with Crippen LogP contribution in [-0.4, -0.2) is 58.3 Å². The Hall–Kier alpha value is -4.48. The van der Waals surface area contributed by atoms with Gasteiger partial charge in [-0.1, -0.05) is 24.3 Å². The Morgan fingerprint density at radius 3 is 2.54 bits per heavy atom. The highest BCUT2D eigenvalue weighted by Crippen LogP contribution is 2.43. The minimum atomic E-state index is -1.75. The van der Waals surface area contributed by atoms with E-state index < -0.39 is 29.2 Å². The van der Waals surface area contributed by atoms with E-state index in [4.69, 9.17) is 16.2 Å². The first-order chi connectivity index (χ1) is 18.6. The van der Waals surface area contributed by atoms with Gasteiger partial charge >= 0.3 is 0 Å². The fraction of sp³-hybridized carbons (Fsp3) is 0.333. The maximum absolute atomic E-state index is 14.3. The summed E-state index contributed by atoms with van der Waals surface area (Å²) in [5, 5.41) is 7.29. The van der Waals surface area contributed by atoms with Gasteiger partial charge in [0.15, 0.2) is 5.67 Å². The lowest BCUT2D eigenvalue weighted by Crippen LogP contribution is -2.37. The number of nitrogens with one attached hydrogen (secondary N) is 1. The maximum Gasteiger partial charge on any atom is 0.260 e. The summed E-state index contributed by atoms with van der Waals surface area (Å²) in [6, 6.07) is 10.3. The van der Waals surface area contributed by atoms with Crippen molar-refractivity contribution in [2.75, 3.05) is 25.9 Å². The number of alkyl halides is 1. The van der Waals surface area contributed by atoms with Gasteiger partial charge in [0.1, 0.15) is 28.6 Å². The molecule has 204 valence electrons. The van der Waals surface area contributed by atoms with Crippen molar-refractivity contribution in [2.45, 2.75) is 37.5 Å². The van der Waals surface area contributed by atoms with Crippen LogP contribution in [0.4, 0.5) is 14.6 Å². The quantitative estimate of drug-likeness (QED) is 0.402. The summed E-state index contributed by atoms with van der Waals surface area (Å²) in [4.78, 5) is 38.8. The van der Waals surface area contributed by atoms with Crippen LogP contribution >= 0.6 is 0 Å². The number of methoxy groups -OCH3 is 1. The second kappa shape index (κ2) is 10.0. The van der Waals surface area contributed by atoms with Crippen LogP contribution in [0.15, 0.2) is 42.5 Å². The Bertz CT molecular complexity index is 1450. The summed E-state index contributed by atoms with van der Waals surface area (Å²) >= 11 is 0. The Balaban J connectivity index is 1.31. The standard InChI is InChI=1S/C27H28F2N6O4/c1-39-20-7-6-17(28)12-19(20)25(37)32-13-15-2-4-16(5-3-15)22-21(24(31)36)23(30)35(33-22)18-8-11-34(14-18)26(38)27(29)9-10-27/h2-7,12,18H,8-11,13-14,30H2,1H3,(H2,31,36)(H,32,37)/t18-/m1/s1. The molecule has 1 atom stereocenters. The number of halogens is 2. The molecule has 0 spiro atoms. The zero-order chi connectivity index (χ0) is 27.9. The molecule has 2 heterocycles. The summed E-state index contributed by atoms with van der Waals surface area (Å²) in [7, 11) is 1.40. The number of nitrogen functional groups attached to an aromatic ring is 1. The third-order valence-electron chi connectivity index (χ3n) is 7.15. The van der Waals surface area contributed by atoms with Gasteiger partial charge in [0, 0.05) is 25.2 Å². The van der Waals surface area contributed by atoms with Crippen LogP contribution in [0.1, 0.15) is 51.6 Å². The number of primary amides is 1. The maximum atomic E-state index is 14.3. The summed E-state index contributed by atoms with van der Waals surface area (Å²) in [5.74, 6) is -1.98. The van der Waals surface area contributed by atoms with E-state index in [2.05, 4.69) is 10.4 Å². The van der Waals surface area contributed by atoms with Crippen LogP contribution < -0.4 is 21.5 Å². The fourth-order valence-corrected chi connectivity index (χ4v) is 4.82. The number of likely N-dealkylation sites (tertiary alicyclic amines) is 1. The number of amides is 3. The molecule has 5 rings (SSSR count). The van der Waals surface area contributed by atoms with Gasteiger partial charge in [-0.3, -0.25) is 14.4 Å². The Kier molecular flexibility index (Phi) is 6.71. The van der Waals surface area contributed by atoms with Gasteiger partial charge in [0.25, 0.3) is 17.7 Å². The molecule has 1 saturated carbocycles. The van der Waals surface area contributed by atoms with Gasteiger partial charge in [-0.25, -0.2) is 13.5 Å². The van der Waals surface area contributed by atoms with Crippen LogP contribution in [0, 0.1) is 5.82 Å². The van der Waals surface area contributed by atoms with E-state index in [9.17, 15) is 23.2 Å². The Morgan fingerprint density at radius 1 is 1.18 bits per heavy atom. The first-order valence-electron chi connectivity index (χ1n) is 12.5. The Labute approximate surface area is 222 Å². The summed E-state index contributed by atoms with van der Waals surface area (Å²) in [6.07, 6.45) is 0.997. The second-order valence-electron chi connectivity index (χ2n) is 9.80. The number of nitrogens with zero attached hydrogens (tertiary/aromatic N) is 3. The molecule has 10 nitrogen and oxygen atoms in total. The number of rotatable bonds is 8. The largest absolute Gasteiger partial charge is 0.496 e. The van der Waals surface area contributed by atoms with Crippen LogP contribution in [0.2, 0.25) is 0 Å². The summed E-state index contributed by atoms with van der Waals surface area (Å²) in [5.41, 5.74) is 11.9. The van der Waals surface area contributed by atoms with Crippen LogP contribution in [-0.2, 0) is 11.3 Å². The number of ether oxygens (including phenoxy) is 1. The number of carbonyl (C=O) groups is 3. The van der Waals surface area contributed by atoms with Crippen molar-refractivity contribution in [1.82, 2.24) is 20.0 Å². The van der Waals surface area contributed by atoms with E-state index in [1.54, 1.807) is 24.3 Å².